The first-order valence-electron chi connectivity index (χ1n) is 11.4. The number of likely N-dealkylation sites (tertiary alicyclic amines) is 1. The van der Waals surface area contributed by atoms with Gasteiger partial charge in [0.2, 0.25) is 17.7 Å². The van der Waals surface area contributed by atoms with Crippen LogP contribution in [0.4, 0.5) is 0 Å². The molecular weight excluding hydrogens is 386 g/mol. The second-order valence-electron chi connectivity index (χ2n) is 9.33. The van der Waals surface area contributed by atoms with Gasteiger partial charge in [-0.3, -0.25) is 14.4 Å². The van der Waals surface area contributed by atoms with Crippen molar-refractivity contribution in [3.63, 3.8) is 0 Å². The van der Waals surface area contributed by atoms with Gasteiger partial charge in [0.1, 0.15) is 11.6 Å². The summed E-state index contributed by atoms with van der Waals surface area (Å²) in [7, 11) is 1.57. The molecule has 30 heavy (non-hydrogen) atoms. The summed E-state index contributed by atoms with van der Waals surface area (Å²) in [5.74, 6) is -2.09. The Kier molecular flexibility index (Phi) is 6.49. The van der Waals surface area contributed by atoms with Gasteiger partial charge in [-0.05, 0) is 31.6 Å². The highest BCUT2D eigenvalue weighted by atomic mass is 16.5. The van der Waals surface area contributed by atoms with Gasteiger partial charge in [0.25, 0.3) is 0 Å². The Bertz CT molecular complexity index is 698. The minimum Gasteiger partial charge on any atom is -0.394 e. The zero-order valence-corrected chi connectivity index (χ0v) is 18.9. The van der Waals surface area contributed by atoms with E-state index in [-0.39, 0.29) is 30.2 Å². The first-order chi connectivity index (χ1) is 14.2. The molecule has 6 atom stereocenters. The minimum atomic E-state index is -1.02. The van der Waals surface area contributed by atoms with Gasteiger partial charge >= 0.3 is 0 Å². The first kappa shape index (κ1) is 23.0. The van der Waals surface area contributed by atoms with Crippen LogP contribution in [0.5, 0.6) is 0 Å². The Labute approximate surface area is 179 Å². The van der Waals surface area contributed by atoms with E-state index in [1.54, 1.807) is 7.05 Å². The summed E-state index contributed by atoms with van der Waals surface area (Å²) in [6.45, 7) is 8.15. The van der Waals surface area contributed by atoms with E-state index in [0.717, 1.165) is 12.8 Å². The fourth-order valence-electron chi connectivity index (χ4n) is 5.97. The van der Waals surface area contributed by atoms with Crippen LogP contribution in [-0.2, 0) is 19.1 Å². The van der Waals surface area contributed by atoms with E-state index in [4.69, 9.17) is 4.74 Å². The number of hydrogen-bond acceptors (Lipinski definition) is 5. The zero-order chi connectivity index (χ0) is 22.3. The Morgan fingerprint density at radius 2 is 1.97 bits per heavy atom. The van der Waals surface area contributed by atoms with E-state index in [0.29, 0.717) is 25.8 Å². The van der Waals surface area contributed by atoms with E-state index in [1.165, 1.54) is 4.90 Å². The second-order valence-corrected chi connectivity index (χ2v) is 9.33. The van der Waals surface area contributed by atoms with Crippen molar-refractivity contribution >= 4 is 17.7 Å². The molecule has 3 aliphatic rings. The molecule has 8 nitrogen and oxygen atoms in total. The van der Waals surface area contributed by atoms with Crippen molar-refractivity contribution in [3.05, 3.63) is 0 Å². The van der Waals surface area contributed by atoms with Crippen molar-refractivity contribution < 1.29 is 24.2 Å². The van der Waals surface area contributed by atoms with Crippen LogP contribution in [0.3, 0.4) is 0 Å². The van der Waals surface area contributed by atoms with Gasteiger partial charge in [-0.15, -0.1) is 0 Å². The molecule has 1 spiro atoms. The maximum Gasteiger partial charge on any atom is 0.245 e. The standard InChI is InChI=1S/C22H37N3O5/c1-6-8-11-24-19(28)17-22-10-9-21(7-2,30-22)15(18(27)23-5)16(22)20(29)25(17)14(12-26)13(3)4/h13-17,26H,6-12H2,1-5H3,(H,23,27)(H,24,28)/t14-,15+,16-,17?,21-,22?/m0/s1. The summed E-state index contributed by atoms with van der Waals surface area (Å²) in [6.07, 6.45) is 3.60. The van der Waals surface area contributed by atoms with E-state index in [2.05, 4.69) is 10.6 Å². The third kappa shape index (κ3) is 3.14. The molecule has 170 valence electrons. The van der Waals surface area contributed by atoms with Crippen LogP contribution in [0.25, 0.3) is 0 Å². The summed E-state index contributed by atoms with van der Waals surface area (Å²) in [4.78, 5) is 41.6. The zero-order valence-electron chi connectivity index (χ0n) is 18.9. The molecule has 3 amide bonds. The number of hydrogen-bond donors (Lipinski definition) is 3. The van der Waals surface area contributed by atoms with Gasteiger partial charge in [-0.1, -0.05) is 34.1 Å². The summed E-state index contributed by atoms with van der Waals surface area (Å²) in [6, 6.07) is -1.35. The molecule has 3 rings (SSSR count). The molecule has 3 fully saturated rings. The Morgan fingerprint density at radius 1 is 1.27 bits per heavy atom. The lowest BCUT2D eigenvalue weighted by Crippen LogP contribution is -2.59. The van der Waals surface area contributed by atoms with Crippen molar-refractivity contribution in [1.29, 1.82) is 0 Å². The molecule has 0 saturated carbocycles. The third-order valence-electron chi connectivity index (χ3n) is 7.54. The number of carbonyl (C=O) groups excluding carboxylic acids is 3. The van der Waals surface area contributed by atoms with Crippen molar-refractivity contribution in [2.75, 3.05) is 20.2 Å². The average molecular weight is 424 g/mol. The van der Waals surface area contributed by atoms with Gasteiger partial charge in [0, 0.05) is 13.6 Å². The molecule has 2 unspecified atom stereocenters. The molecule has 3 saturated heterocycles. The number of unbranched alkanes of at least 4 members (excludes halogenated alkanes) is 1. The van der Waals surface area contributed by atoms with E-state index >= 15 is 0 Å². The normalized spacial score (nSPS) is 35.6. The Morgan fingerprint density at radius 3 is 2.50 bits per heavy atom. The molecule has 0 aromatic carbocycles. The van der Waals surface area contributed by atoms with Crippen molar-refractivity contribution in [3.8, 4) is 0 Å². The fourth-order valence-corrected chi connectivity index (χ4v) is 5.97. The molecule has 0 radical (unpaired) electrons. The van der Waals surface area contributed by atoms with Crippen LogP contribution in [0.1, 0.15) is 59.8 Å². The lowest BCUT2D eigenvalue weighted by Gasteiger charge is -2.38. The number of rotatable bonds is 9. The number of nitrogens with one attached hydrogen (secondary N) is 2. The van der Waals surface area contributed by atoms with Crippen LogP contribution in [0.2, 0.25) is 0 Å². The monoisotopic (exact) mass is 423 g/mol. The predicted molar refractivity (Wildman–Crippen MR) is 111 cm³/mol. The summed E-state index contributed by atoms with van der Waals surface area (Å²) >= 11 is 0. The number of fused-ring (bicyclic) bond motifs is 1. The van der Waals surface area contributed by atoms with Crippen LogP contribution in [-0.4, -0.2) is 71.2 Å². The second kappa shape index (κ2) is 8.46. The molecule has 0 aromatic rings. The molecule has 3 heterocycles. The van der Waals surface area contributed by atoms with Gasteiger partial charge in [0.15, 0.2) is 0 Å². The molecule has 2 bridgehead atoms. The number of carbonyl (C=O) groups is 3. The SMILES string of the molecule is CCCCNC(=O)C1N([C@@H](CO)C(C)C)C(=O)[C@@H]2[C@H](C(=O)NC)[C@]3(CC)CCC12O3. The highest BCUT2D eigenvalue weighted by Gasteiger charge is 2.79. The molecule has 3 N–H and O–H groups in total. The maximum atomic E-state index is 13.8. The molecule has 0 aromatic heterocycles. The molecular formula is C22H37N3O5. The lowest BCUT2D eigenvalue weighted by atomic mass is 9.65. The smallest absolute Gasteiger partial charge is 0.245 e. The summed E-state index contributed by atoms with van der Waals surface area (Å²) < 4.78 is 6.61. The molecule has 0 aliphatic carbocycles. The first-order valence-corrected chi connectivity index (χ1v) is 11.4. The fraction of sp³-hybridized carbons (Fsp3) is 0.864. The summed E-state index contributed by atoms with van der Waals surface area (Å²) in [5, 5.41) is 15.8. The topological polar surface area (TPSA) is 108 Å². The van der Waals surface area contributed by atoms with Crippen LogP contribution in [0.15, 0.2) is 0 Å². The van der Waals surface area contributed by atoms with E-state index in [9.17, 15) is 19.5 Å². The average Bonchev–Trinajstić information content (AvgIpc) is 3.32. The van der Waals surface area contributed by atoms with Crippen LogP contribution >= 0.6 is 0 Å². The van der Waals surface area contributed by atoms with Gasteiger partial charge in [-0.25, -0.2) is 0 Å². The molecule has 8 heteroatoms. The number of amides is 3. The predicted octanol–water partition coefficient (Wildman–Crippen LogP) is 0.820. The quantitative estimate of drug-likeness (QED) is 0.476. The number of ether oxygens (including phenoxy) is 1. The van der Waals surface area contributed by atoms with Gasteiger partial charge in [0.05, 0.1) is 30.1 Å². The summed E-state index contributed by atoms with van der Waals surface area (Å²) in [5.41, 5.74) is -1.75. The Balaban J connectivity index is 2.08. The van der Waals surface area contributed by atoms with Crippen molar-refractivity contribution in [1.82, 2.24) is 15.5 Å². The van der Waals surface area contributed by atoms with Gasteiger partial charge in [-0.2, -0.15) is 0 Å². The number of nitrogens with zero attached hydrogens (tertiary/aromatic N) is 1. The van der Waals surface area contributed by atoms with E-state index < -0.39 is 35.1 Å². The number of aliphatic hydroxyl groups excluding tert-OH is 1. The minimum absolute atomic E-state index is 0.0455. The highest BCUT2D eigenvalue weighted by Crippen LogP contribution is 2.64. The maximum absolute atomic E-state index is 13.8. The third-order valence-corrected chi connectivity index (χ3v) is 7.54. The van der Waals surface area contributed by atoms with E-state index in [1.807, 2.05) is 27.7 Å². The van der Waals surface area contributed by atoms with Crippen LogP contribution < -0.4 is 10.6 Å². The molecule has 3 aliphatic heterocycles. The number of aliphatic hydroxyl groups is 1. The highest BCUT2D eigenvalue weighted by molar-refractivity contribution is 5.99. The van der Waals surface area contributed by atoms with Crippen molar-refractivity contribution in [2.45, 2.75) is 83.1 Å². The largest absolute Gasteiger partial charge is 0.394 e. The lowest BCUT2D eigenvalue weighted by molar-refractivity contribution is -0.152. The van der Waals surface area contributed by atoms with Gasteiger partial charge < -0.3 is 25.4 Å². The Hall–Kier alpha value is -1.67. The van der Waals surface area contributed by atoms with Crippen LogP contribution in [0, 0.1) is 17.8 Å². The van der Waals surface area contributed by atoms with Crippen molar-refractivity contribution in [2.24, 2.45) is 17.8 Å².